The highest BCUT2D eigenvalue weighted by Gasteiger charge is 2.35. The summed E-state index contributed by atoms with van der Waals surface area (Å²) < 4.78 is 39.5. The lowest BCUT2D eigenvalue weighted by Gasteiger charge is -2.31. The first kappa shape index (κ1) is 17.5. The number of likely N-dealkylation sites (tertiary alicyclic amines) is 1. The van der Waals surface area contributed by atoms with Crippen LogP contribution in [0.15, 0.2) is 35.7 Å². The molecule has 0 unspecified atom stereocenters. The van der Waals surface area contributed by atoms with Gasteiger partial charge in [-0.05, 0) is 30.5 Å². The molecule has 3 rings (SSSR count). The van der Waals surface area contributed by atoms with Crippen LogP contribution in [0.3, 0.4) is 0 Å². The second-order valence-electron chi connectivity index (χ2n) is 6.15. The molecule has 0 aliphatic carbocycles. The van der Waals surface area contributed by atoms with Crippen molar-refractivity contribution in [2.24, 2.45) is 7.05 Å². The summed E-state index contributed by atoms with van der Waals surface area (Å²) in [6.45, 7) is 0.754. The molecule has 25 heavy (non-hydrogen) atoms. The van der Waals surface area contributed by atoms with Gasteiger partial charge in [-0.15, -0.1) is 10.2 Å². The topological polar surface area (TPSA) is 85.2 Å². The van der Waals surface area contributed by atoms with Gasteiger partial charge in [0.05, 0.1) is 11.7 Å². The standard InChI is InChI=1S/C16H19FN4O3S/c1-20-11-18-19-16(20)25(23,24)14-6-8-21(9-7-14)15(22)10-12-2-4-13(17)5-3-12/h2-5,11,14H,6-10H2,1H3. The van der Waals surface area contributed by atoms with Gasteiger partial charge >= 0.3 is 0 Å². The monoisotopic (exact) mass is 366 g/mol. The van der Waals surface area contributed by atoms with Gasteiger partial charge in [-0.25, -0.2) is 12.8 Å². The molecule has 2 heterocycles. The van der Waals surface area contributed by atoms with Crippen LogP contribution in [0.2, 0.25) is 0 Å². The molecule has 1 aromatic heterocycles. The van der Waals surface area contributed by atoms with Gasteiger partial charge in [0.25, 0.3) is 0 Å². The Morgan fingerprint density at radius 1 is 1.24 bits per heavy atom. The van der Waals surface area contributed by atoms with Crippen molar-refractivity contribution in [3.63, 3.8) is 0 Å². The number of sulfone groups is 1. The molecule has 1 fully saturated rings. The van der Waals surface area contributed by atoms with Crippen LogP contribution in [0.1, 0.15) is 18.4 Å². The minimum absolute atomic E-state index is 0.0383. The summed E-state index contributed by atoms with van der Waals surface area (Å²) in [5.41, 5.74) is 0.736. The zero-order valence-electron chi connectivity index (χ0n) is 13.8. The minimum Gasteiger partial charge on any atom is -0.342 e. The first-order valence-corrected chi connectivity index (χ1v) is 9.52. The SMILES string of the molecule is Cn1cnnc1S(=O)(=O)C1CCN(C(=O)Cc2ccc(F)cc2)CC1. The average Bonchev–Trinajstić information content (AvgIpc) is 3.04. The summed E-state index contributed by atoms with van der Waals surface area (Å²) in [5.74, 6) is -0.424. The van der Waals surface area contributed by atoms with E-state index >= 15 is 0 Å². The molecule has 1 amide bonds. The van der Waals surface area contributed by atoms with Crippen LogP contribution in [-0.2, 0) is 28.1 Å². The number of aromatic nitrogens is 3. The van der Waals surface area contributed by atoms with Gasteiger partial charge in [-0.1, -0.05) is 12.1 Å². The number of rotatable bonds is 4. The zero-order valence-corrected chi connectivity index (χ0v) is 14.6. The third kappa shape index (κ3) is 3.71. The highest BCUT2D eigenvalue weighted by molar-refractivity contribution is 7.91. The number of hydrogen-bond donors (Lipinski definition) is 0. The maximum Gasteiger partial charge on any atom is 0.249 e. The number of benzene rings is 1. The number of aryl methyl sites for hydroxylation is 1. The van der Waals surface area contributed by atoms with Gasteiger partial charge in [0.1, 0.15) is 12.1 Å². The minimum atomic E-state index is -3.55. The molecule has 0 bridgehead atoms. The average molecular weight is 366 g/mol. The van der Waals surface area contributed by atoms with Crippen LogP contribution in [0, 0.1) is 5.82 Å². The van der Waals surface area contributed by atoms with Gasteiger partial charge < -0.3 is 9.47 Å². The number of carbonyl (C=O) groups is 1. The van der Waals surface area contributed by atoms with Crippen molar-refractivity contribution in [2.45, 2.75) is 29.7 Å². The van der Waals surface area contributed by atoms with E-state index in [2.05, 4.69) is 10.2 Å². The molecule has 2 aromatic rings. The van der Waals surface area contributed by atoms with E-state index in [1.165, 1.54) is 23.0 Å². The molecular formula is C16H19FN4O3S. The smallest absolute Gasteiger partial charge is 0.249 e. The number of piperidine rings is 1. The Morgan fingerprint density at radius 3 is 2.44 bits per heavy atom. The van der Waals surface area contributed by atoms with Crippen LogP contribution in [0.4, 0.5) is 4.39 Å². The Hall–Kier alpha value is -2.29. The predicted octanol–water partition coefficient (Wildman–Crippen LogP) is 0.962. The molecular weight excluding hydrogens is 347 g/mol. The van der Waals surface area contributed by atoms with Crippen LogP contribution in [0.5, 0.6) is 0 Å². The Morgan fingerprint density at radius 2 is 1.88 bits per heavy atom. The van der Waals surface area contributed by atoms with E-state index in [0.717, 1.165) is 5.56 Å². The van der Waals surface area contributed by atoms with E-state index in [4.69, 9.17) is 0 Å². The maximum absolute atomic E-state index is 12.9. The number of carbonyl (C=O) groups excluding carboxylic acids is 1. The first-order valence-electron chi connectivity index (χ1n) is 7.98. The molecule has 1 aromatic carbocycles. The Bertz CT molecular complexity index is 856. The van der Waals surface area contributed by atoms with Gasteiger partial charge in [-0.2, -0.15) is 0 Å². The summed E-state index contributed by atoms with van der Waals surface area (Å²) >= 11 is 0. The molecule has 1 aliphatic rings. The molecule has 0 radical (unpaired) electrons. The number of nitrogens with zero attached hydrogens (tertiary/aromatic N) is 4. The van der Waals surface area contributed by atoms with Crippen molar-refractivity contribution in [2.75, 3.05) is 13.1 Å². The van der Waals surface area contributed by atoms with E-state index in [1.54, 1.807) is 24.1 Å². The second kappa shape index (κ2) is 6.91. The Balaban J connectivity index is 1.61. The fourth-order valence-electron chi connectivity index (χ4n) is 2.98. The van der Waals surface area contributed by atoms with E-state index in [-0.39, 0.29) is 23.3 Å². The highest BCUT2D eigenvalue weighted by Crippen LogP contribution is 2.23. The third-order valence-electron chi connectivity index (χ3n) is 4.43. The second-order valence-corrected chi connectivity index (χ2v) is 8.27. The molecule has 1 saturated heterocycles. The summed E-state index contributed by atoms with van der Waals surface area (Å²) in [6.07, 6.45) is 2.27. The lowest BCUT2D eigenvalue weighted by Crippen LogP contribution is -2.43. The first-order chi connectivity index (χ1) is 11.9. The van der Waals surface area contributed by atoms with Gasteiger partial charge in [0.2, 0.25) is 20.9 Å². The Labute approximate surface area is 145 Å². The fourth-order valence-corrected chi connectivity index (χ4v) is 4.72. The lowest BCUT2D eigenvalue weighted by atomic mass is 10.1. The van der Waals surface area contributed by atoms with Crippen LogP contribution < -0.4 is 0 Å². The van der Waals surface area contributed by atoms with Crippen molar-refractivity contribution >= 4 is 15.7 Å². The molecule has 0 atom stereocenters. The number of halogens is 1. The van der Waals surface area contributed by atoms with Crippen LogP contribution in [-0.4, -0.2) is 52.3 Å². The molecule has 7 nitrogen and oxygen atoms in total. The quantitative estimate of drug-likeness (QED) is 0.805. The number of amides is 1. The molecule has 134 valence electrons. The molecule has 0 saturated carbocycles. The van der Waals surface area contributed by atoms with Gasteiger partial charge in [0.15, 0.2) is 0 Å². The van der Waals surface area contributed by atoms with Crippen molar-refractivity contribution in [3.8, 4) is 0 Å². The van der Waals surface area contributed by atoms with Crippen LogP contribution >= 0.6 is 0 Å². The third-order valence-corrected chi connectivity index (χ3v) is 6.65. The van der Waals surface area contributed by atoms with Gasteiger partial charge in [0, 0.05) is 20.1 Å². The molecule has 0 N–H and O–H groups in total. The van der Waals surface area contributed by atoms with E-state index in [1.807, 2.05) is 0 Å². The van der Waals surface area contributed by atoms with E-state index in [9.17, 15) is 17.6 Å². The summed E-state index contributed by atoms with van der Waals surface area (Å²) in [6, 6.07) is 5.81. The van der Waals surface area contributed by atoms with Gasteiger partial charge in [-0.3, -0.25) is 4.79 Å². The normalized spacial score (nSPS) is 16.2. The van der Waals surface area contributed by atoms with E-state index in [0.29, 0.717) is 25.9 Å². The Kier molecular flexibility index (Phi) is 4.85. The summed E-state index contributed by atoms with van der Waals surface area (Å²) in [5, 5.41) is 6.71. The highest BCUT2D eigenvalue weighted by atomic mass is 32.2. The largest absolute Gasteiger partial charge is 0.342 e. The van der Waals surface area contributed by atoms with Crippen molar-refractivity contribution < 1.29 is 17.6 Å². The number of hydrogen-bond acceptors (Lipinski definition) is 5. The molecule has 1 aliphatic heterocycles. The molecule has 0 spiro atoms. The van der Waals surface area contributed by atoms with Crippen molar-refractivity contribution in [1.29, 1.82) is 0 Å². The lowest BCUT2D eigenvalue weighted by molar-refractivity contribution is -0.131. The fraction of sp³-hybridized carbons (Fsp3) is 0.438. The van der Waals surface area contributed by atoms with Crippen molar-refractivity contribution in [1.82, 2.24) is 19.7 Å². The van der Waals surface area contributed by atoms with Crippen LogP contribution in [0.25, 0.3) is 0 Å². The predicted molar refractivity (Wildman–Crippen MR) is 87.9 cm³/mol. The summed E-state index contributed by atoms with van der Waals surface area (Å²) in [7, 11) is -1.96. The van der Waals surface area contributed by atoms with E-state index < -0.39 is 15.1 Å². The molecule has 9 heteroatoms. The maximum atomic E-state index is 12.9. The van der Waals surface area contributed by atoms with Crippen molar-refractivity contribution in [3.05, 3.63) is 42.0 Å². The summed E-state index contributed by atoms with van der Waals surface area (Å²) in [4.78, 5) is 14.0. The zero-order chi connectivity index (χ0) is 18.0.